The summed E-state index contributed by atoms with van der Waals surface area (Å²) in [6, 6.07) is 9.64. The van der Waals surface area contributed by atoms with E-state index in [-0.39, 0.29) is 24.7 Å². The lowest BCUT2D eigenvalue weighted by Gasteiger charge is -2.39. The third-order valence-corrected chi connectivity index (χ3v) is 6.42. The molecular weight excluding hydrogens is 382 g/mol. The lowest BCUT2D eigenvalue weighted by atomic mass is 9.74. The number of hydrogen-bond acceptors (Lipinski definition) is 4. The van der Waals surface area contributed by atoms with E-state index in [9.17, 15) is 19.5 Å². The molecule has 0 aromatic heterocycles. The van der Waals surface area contributed by atoms with Gasteiger partial charge in [-0.25, -0.2) is 0 Å². The topological polar surface area (TPSA) is 113 Å². The van der Waals surface area contributed by atoms with Gasteiger partial charge < -0.3 is 21.1 Å². The molecule has 1 aromatic carbocycles. The molecule has 7 nitrogen and oxygen atoms in total. The van der Waals surface area contributed by atoms with Crippen LogP contribution in [0.1, 0.15) is 44.1 Å². The van der Waals surface area contributed by atoms with Crippen LogP contribution in [-0.2, 0) is 20.9 Å². The first kappa shape index (κ1) is 22.0. The molecule has 2 amide bonds. The molecule has 2 aliphatic rings. The van der Waals surface area contributed by atoms with Crippen molar-refractivity contribution in [3.8, 4) is 0 Å². The molecule has 1 atom stereocenters. The van der Waals surface area contributed by atoms with E-state index in [1.807, 2.05) is 30.3 Å². The minimum Gasteiger partial charge on any atom is -0.481 e. The Hall–Kier alpha value is -2.67. The van der Waals surface area contributed by atoms with Gasteiger partial charge in [-0.3, -0.25) is 14.4 Å². The van der Waals surface area contributed by atoms with Crippen molar-refractivity contribution >= 4 is 17.8 Å². The fourth-order valence-electron chi connectivity index (χ4n) is 4.52. The predicted octanol–water partition coefficient (Wildman–Crippen LogP) is 2.07. The van der Waals surface area contributed by atoms with Gasteiger partial charge in [-0.05, 0) is 56.1 Å². The summed E-state index contributed by atoms with van der Waals surface area (Å²) in [6.07, 6.45) is 6.44. The van der Waals surface area contributed by atoms with Crippen LogP contribution in [0.4, 0.5) is 0 Å². The summed E-state index contributed by atoms with van der Waals surface area (Å²) in [6.45, 7) is 0.324. The van der Waals surface area contributed by atoms with Gasteiger partial charge in [0, 0.05) is 26.2 Å². The number of carbonyl (C=O) groups is 3. The van der Waals surface area contributed by atoms with Crippen molar-refractivity contribution in [2.24, 2.45) is 17.1 Å². The van der Waals surface area contributed by atoms with Crippen LogP contribution in [0.3, 0.4) is 0 Å². The fraction of sp³-hybridized carbons (Fsp3) is 0.522. The van der Waals surface area contributed by atoms with E-state index in [1.54, 1.807) is 0 Å². The van der Waals surface area contributed by atoms with Gasteiger partial charge >= 0.3 is 5.97 Å². The molecule has 0 spiro atoms. The molecule has 3 rings (SSSR count). The third kappa shape index (κ3) is 4.90. The van der Waals surface area contributed by atoms with Gasteiger partial charge in [0.1, 0.15) is 11.0 Å². The average molecular weight is 414 g/mol. The molecule has 1 unspecified atom stereocenters. The zero-order valence-electron chi connectivity index (χ0n) is 17.5. The molecule has 0 saturated heterocycles. The number of aliphatic carboxylic acids is 1. The first-order valence-corrected chi connectivity index (χ1v) is 10.6. The van der Waals surface area contributed by atoms with Crippen LogP contribution in [0.5, 0.6) is 0 Å². The Morgan fingerprint density at radius 1 is 1.20 bits per heavy atom. The van der Waals surface area contributed by atoms with E-state index in [1.165, 1.54) is 18.0 Å². The highest BCUT2D eigenvalue weighted by atomic mass is 16.4. The second-order valence-electron chi connectivity index (χ2n) is 8.56. The van der Waals surface area contributed by atoms with Gasteiger partial charge in [-0.2, -0.15) is 0 Å². The number of hydrogen-bond donors (Lipinski definition) is 3. The highest BCUT2D eigenvalue weighted by Crippen LogP contribution is 2.38. The molecule has 1 aliphatic carbocycles. The molecule has 30 heavy (non-hydrogen) atoms. The Bertz CT molecular complexity index is 815. The Kier molecular flexibility index (Phi) is 6.92. The molecule has 162 valence electrons. The van der Waals surface area contributed by atoms with E-state index >= 15 is 0 Å². The molecule has 1 heterocycles. The number of carboxylic acid groups (broad SMARTS) is 1. The number of carboxylic acids is 1. The quantitative estimate of drug-likeness (QED) is 0.593. The van der Waals surface area contributed by atoms with Gasteiger partial charge in [0.15, 0.2) is 0 Å². The molecule has 1 aromatic rings. The molecule has 4 N–H and O–H groups in total. The summed E-state index contributed by atoms with van der Waals surface area (Å²) in [4.78, 5) is 39.3. The number of nitrogens with zero attached hydrogens (tertiary/aromatic N) is 1. The lowest BCUT2D eigenvalue weighted by Crippen LogP contribution is -2.51. The number of carbonyl (C=O) groups excluding carboxylic acids is 2. The third-order valence-electron chi connectivity index (χ3n) is 6.42. The second kappa shape index (κ2) is 9.43. The largest absolute Gasteiger partial charge is 0.481 e. The molecule has 1 fully saturated rings. The molecular formula is C23H31N3O4. The number of nitrogens with two attached hydrogens (primary N) is 1. The number of likely N-dealkylation sites (N-methyl/N-ethyl adjacent to an activating group) is 1. The van der Waals surface area contributed by atoms with E-state index in [0.29, 0.717) is 12.3 Å². The standard InChI is InChI=1S/C23H31N3O4/c1-25-20(27)19-13-23(22(29)30,12-11-16-7-9-18(24)10-8-16)15-26(21(19)28)14-17-5-3-2-4-6-17/h2-6,13,16,18H,7-12,14-15,24H2,1H3,(H,25,27)(H,29,30). The zero-order chi connectivity index (χ0) is 21.7. The number of nitrogens with one attached hydrogen (secondary N) is 1. The van der Waals surface area contributed by atoms with Crippen molar-refractivity contribution < 1.29 is 19.5 Å². The maximum atomic E-state index is 13.0. The normalized spacial score (nSPS) is 26.8. The Labute approximate surface area is 177 Å². The van der Waals surface area contributed by atoms with Crippen LogP contribution in [0, 0.1) is 11.3 Å². The molecule has 0 radical (unpaired) electrons. The van der Waals surface area contributed by atoms with Crippen molar-refractivity contribution in [3.63, 3.8) is 0 Å². The minimum atomic E-state index is -1.27. The SMILES string of the molecule is CNC(=O)C1=CC(CCC2CCC(N)CC2)(C(=O)O)CN(Cc2ccccc2)C1=O. The Morgan fingerprint density at radius 3 is 2.47 bits per heavy atom. The van der Waals surface area contributed by atoms with E-state index in [4.69, 9.17) is 5.73 Å². The van der Waals surface area contributed by atoms with Crippen LogP contribution in [0.25, 0.3) is 0 Å². The smallest absolute Gasteiger partial charge is 0.315 e. The average Bonchev–Trinajstić information content (AvgIpc) is 2.75. The monoisotopic (exact) mass is 413 g/mol. The van der Waals surface area contributed by atoms with E-state index < -0.39 is 23.2 Å². The summed E-state index contributed by atoms with van der Waals surface area (Å²) in [7, 11) is 1.44. The van der Waals surface area contributed by atoms with Crippen molar-refractivity contribution in [2.45, 2.75) is 51.1 Å². The summed E-state index contributed by atoms with van der Waals surface area (Å²) in [5, 5.41) is 12.6. The fourth-order valence-corrected chi connectivity index (χ4v) is 4.52. The van der Waals surface area contributed by atoms with E-state index in [0.717, 1.165) is 37.7 Å². The van der Waals surface area contributed by atoms with Gasteiger partial charge in [-0.15, -0.1) is 0 Å². The first-order chi connectivity index (χ1) is 14.3. The van der Waals surface area contributed by atoms with Gasteiger partial charge in [-0.1, -0.05) is 30.3 Å². The highest BCUT2D eigenvalue weighted by molar-refractivity contribution is 6.19. The number of amides is 2. The molecule has 0 bridgehead atoms. The van der Waals surface area contributed by atoms with Gasteiger partial charge in [0.05, 0.1) is 0 Å². The number of rotatable bonds is 7. The van der Waals surface area contributed by atoms with Crippen LogP contribution >= 0.6 is 0 Å². The van der Waals surface area contributed by atoms with Crippen LogP contribution in [-0.4, -0.2) is 47.4 Å². The summed E-state index contributed by atoms with van der Waals surface area (Å²) in [5.74, 6) is -1.55. The van der Waals surface area contributed by atoms with Gasteiger partial charge in [0.25, 0.3) is 11.8 Å². The lowest BCUT2D eigenvalue weighted by molar-refractivity contribution is -0.150. The Balaban J connectivity index is 1.86. The second-order valence-corrected chi connectivity index (χ2v) is 8.56. The minimum absolute atomic E-state index is 0.0583. The van der Waals surface area contributed by atoms with Crippen LogP contribution < -0.4 is 11.1 Å². The summed E-state index contributed by atoms with van der Waals surface area (Å²) >= 11 is 0. The zero-order valence-corrected chi connectivity index (χ0v) is 17.5. The van der Waals surface area contributed by atoms with Crippen molar-refractivity contribution in [1.82, 2.24) is 10.2 Å². The Morgan fingerprint density at radius 2 is 1.87 bits per heavy atom. The van der Waals surface area contributed by atoms with E-state index in [2.05, 4.69) is 5.32 Å². The van der Waals surface area contributed by atoms with Crippen LogP contribution in [0.15, 0.2) is 42.0 Å². The maximum absolute atomic E-state index is 13.0. The summed E-state index contributed by atoms with van der Waals surface area (Å²) < 4.78 is 0. The molecule has 1 saturated carbocycles. The predicted molar refractivity (Wildman–Crippen MR) is 113 cm³/mol. The van der Waals surface area contributed by atoms with Crippen molar-refractivity contribution in [3.05, 3.63) is 47.5 Å². The van der Waals surface area contributed by atoms with Gasteiger partial charge in [0.2, 0.25) is 0 Å². The van der Waals surface area contributed by atoms with Crippen LogP contribution in [0.2, 0.25) is 0 Å². The molecule has 1 aliphatic heterocycles. The first-order valence-electron chi connectivity index (χ1n) is 10.6. The maximum Gasteiger partial charge on any atom is 0.315 e. The molecule has 7 heteroatoms. The van der Waals surface area contributed by atoms with Crippen molar-refractivity contribution in [1.29, 1.82) is 0 Å². The summed E-state index contributed by atoms with van der Waals surface area (Å²) in [5.41, 5.74) is 5.52. The number of benzene rings is 1. The highest BCUT2D eigenvalue weighted by Gasteiger charge is 2.45. The van der Waals surface area contributed by atoms with Crippen molar-refractivity contribution in [2.75, 3.05) is 13.6 Å².